The summed E-state index contributed by atoms with van der Waals surface area (Å²) < 4.78 is 5.49. The van der Waals surface area contributed by atoms with Gasteiger partial charge in [-0.1, -0.05) is 38.5 Å². The zero-order chi connectivity index (χ0) is 10.9. The molecule has 0 saturated heterocycles. The van der Waals surface area contributed by atoms with Crippen molar-refractivity contribution in [3.63, 3.8) is 0 Å². The first-order valence-electron chi connectivity index (χ1n) is 6.57. The zero-order valence-electron chi connectivity index (χ0n) is 10.5. The Hall–Kier alpha value is -0.460. The van der Waals surface area contributed by atoms with Crippen molar-refractivity contribution in [2.24, 2.45) is 0 Å². The Balaban J connectivity index is 2.45. The lowest BCUT2D eigenvalue weighted by molar-refractivity contribution is 0.266. The van der Waals surface area contributed by atoms with Gasteiger partial charge in [-0.3, -0.25) is 0 Å². The molecule has 1 rings (SSSR count). The topological polar surface area (TPSA) is 9.23 Å². The molecule has 0 heterocycles. The van der Waals surface area contributed by atoms with Crippen LogP contribution in [0.2, 0.25) is 0 Å². The van der Waals surface area contributed by atoms with Crippen LogP contribution < -0.4 is 0 Å². The van der Waals surface area contributed by atoms with Crippen LogP contribution in [0.1, 0.15) is 71.1 Å². The minimum atomic E-state index is 1.16. The molecule has 0 bridgehead atoms. The van der Waals surface area contributed by atoms with Gasteiger partial charge in [0, 0.05) is 6.42 Å². The van der Waals surface area contributed by atoms with Crippen molar-refractivity contribution in [3.8, 4) is 0 Å². The molecule has 88 valence electrons. The lowest BCUT2D eigenvalue weighted by atomic mass is 10.0. The van der Waals surface area contributed by atoms with E-state index in [1.165, 1.54) is 69.1 Å². The second-order valence-corrected chi connectivity index (χ2v) is 4.74. The summed E-state index contributed by atoms with van der Waals surface area (Å²) in [7, 11) is 1.82. The van der Waals surface area contributed by atoms with Gasteiger partial charge in [-0.05, 0) is 31.8 Å². The third-order valence-electron chi connectivity index (χ3n) is 3.43. The van der Waals surface area contributed by atoms with Crippen molar-refractivity contribution in [1.29, 1.82) is 0 Å². The number of methoxy groups -OCH3 is 1. The molecule has 0 N–H and O–H groups in total. The van der Waals surface area contributed by atoms with Gasteiger partial charge in [0.1, 0.15) is 0 Å². The fraction of sp³-hybridized carbons (Fsp3) is 0.857. The van der Waals surface area contributed by atoms with E-state index in [4.69, 9.17) is 4.74 Å². The van der Waals surface area contributed by atoms with Gasteiger partial charge in [-0.2, -0.15) is 0 Å². The van der Waals surface area contributed by atoms with Gasteiger partial charge in [-0.15, -0.1) is 0 Å². The molecule has 0 atom stereocenters. The van der Waals surface area contributed by atoms with E-state index in [0.717, 1.165) is 6.42 Å². The Morgan fingerprint density at radius 1 is 0.733 bits per heavy atom. The van der Waals surface area contributed by atoms with Crippen molar-refractivity contribution < 1.29 is 4.74 Å². The third kappa shape index (κ3) is 5.25. The second-order valence-electron chi connectivity index (χ2n) is 4.74. The maximum absolute atomic E-state index is 5.49. The van der Waals surface area contributed by atoms with Crippen LogP contribution in [0, 0.1) is 0 Å². The molecule has 1 aliphatic rings. The number of allylic oxidation sites excluding steroid dienone is 2. The monoisotopic (exact) mass is 210 g/mol. The molecule has 1 heteroatoms. The molecule has 15 heavy (non-hydrogen) atoms. The molecule has 0 amide bonds. The molecule has 0 aromatic carbocycles. The van der Waals surface area contributed by atoms with Crippen molar-refractivity contribution >= 4 is 0 Å². The van der Waals surface area contributed by atoms with Crippen molar-refractivity contribution in [1.82, 2.24) is 0 Å². The lowest BCUT2D eigenvalue weighted by Gasteiger charge is -2.12. The summed E-state index contributed by atoms with van der Waals surface area (Å²) >= 11 is 0. The molecular formula is C14H26O. The van der Waals surface area contributed by atoms with Gasteiger partial charge in [0.05, 0.1) is 12.9 Å². The first kappa shape index (κ1) is 12.6. The van der Waals surface area contributed by atoms with Crippen molar-refractivity contribution in [3.05, 3.63) is 11.3 Å². The van der Waals surface area contributed by atoms with E-state index in [2.05, 4.69) is 6.92 Å². The van der Waals surface area contributed by atoms with Crippen LogP contribution in [0.5, 0.6) is 0 Å². The van der Waals surface area contributed by atoms with E-state index in [9.17, 15) is 0 Å². The Bertz CT molecular complexity index is 194. The first-order valence-corrected chi connectivity index (χ1v) is 6.57. The summed E-state index contributed by atoms with van der Waals surface area (Å²) in [5, 5.41) is 0. The molecule has 0 aliphatic heterocycles. The average molecular weight is 210 g/mol. The van der Waals surface area contributed by atoms with E-state index in [-0.39, 0.29) is 0 Å². The maximum Gasteiger partial charge on any atom is 0.0944 e. The Morgan fingerprint density at radius 3 is 1.73 bits per heavy atom. The van der Waals surface area contributed by atoms with Crippen molar-refractivity contribution in [2.45, 2.75) is 71.1 Å². The van der Waals surface area contributed by atoms with Crippen LogP contribution in [0.25, 0.3) is 0 Å². The zero-order valence-corrected chi connectivity index (χ0v) is 10.5. The van der Waals surface area contributed by atoms with Gasteiger partial charge in [0.2, 0.25) is 0 Å². The van der Waals surface area contributed by atoms with E-state index in [1.807, 2.05) is 7.11 Å². The summed E-state index contributed by atoms with van der Waals surface area (Å²) in [6, 6.07) is 0. The number of hydrogen-bond acceptors (Lipinski definition) is 1. The van der Waals surface area contributed by atoms with Crippen LogP contribution in [-0.2, 0) is 4.74 Å². The van der Waals surface area contributed by atoms with E-state index in [0.29, 0.717) is 0 Å². The van der Waals surface area contributed by atoms with Gasteiger partial charge >= 0.3 is 0 Å². The van der Waals surface area contributed by atoms with Crippen LogP contribution >= 0.6 is 0 Å². The van der Waals surface area contributed by atoms with Crippen LogP contribution in [-0.4, -0.2) is 7.11 Å². The van der Waals surface area contributed by atoms with Crippen LogP contribution in [0.15, 0.2) is 11.3 Å². The summed E-state index contributed by atoms with van der Waals surface area (Å²) in [6.07, 6.45) is 13.5. The highest BCUT2D eigenvalue weighted by Gasteiger charge is 2.04. The van der Waals surface area contributed by atoms with E-state index >= 15 is 0 Å². The standard InChI is InChI=1S/C14H26O/c1-13-11-9-7-5-3-4-6-8-10-12-14(13)15-2/h3-12H2,1-2H3/b14-13+. The minimum absolute atomic E-state index is 1.16. The maximum atomic E-state index is 5.49. The normalized spacial score (nSPS) is 26.5. The number of ether oxygens (including phenoxy) is 1. The molecule has 0 spiro atoms. The third-order valence-corrected chi connectivity index (χ3v) is 3.43. The highest BCUT2D eigenvalue weighted by Crippen LogP contribution is 2.21. The van der Waals surface area contributed by atoms with Gasteiger partial charge in [0.25, 0.3) is 0 Å². The average Bonchev–Trinajstić information content (AvgIpc) is 2.23. The molecule has 0 aromatic rings. The van der Waals surface area contributed by atoms with Crippen LogP contribution in [0.3, 0.4) is 0 Å². The van der Waals surface area contributed by atoms with E-state index < -0.39 is 0 Å². The molecule has 0 unspecified atom stereocenters. The highest BCUT2D eigenvalue weighted by atomic mass is 16.5. The largest absolute Gasteiger partial charge is 0.501 e. The molecule has 1 nitrogen and oxygen atoms in total. The highest BCUT2D eigenvalue weighted by molar-refractivity contribution is 5.05. The second kappa shape index (κ2) is 7.78. The lowest BCUT2D eigenvalue weighted by Crippen LogP contribution is -1.95. The molecule has 0 saturated carbocycles. The molecular weight excluding hydrogens is 184 g/mol. The fourth-order valence-electron chi connectivity index (χ4n) is 2.37. The SMILES string of the molecule is CO/C1=C(\C)CCCCCCCCCC1. The molecule has 0 fully saturated rings. The molecule has 1 aliphatic carbocycles. The fourth-order valence-corrected chi connectivity index (χ4v) is 2.37. The van der Waals surface area contributed by atoms with Crippen molar-refractivity contribution in [2.75, 3.05) is 7.11 Å². The quantitative estimate of drug-likeness (QED) is 0.603. The smallest absolute Gasteiger partial charge is 0.0944 e. The molecule has 0 aromatic heterocycles. The predicted molar refractivity (Wildman–Crippen MR) is 65.9 cm³/mol. The van der Waals surface area contributed by atoms with Gasteiger partial charge < -0.3 is 4.74 Å². The predicted octanol–water partition coefficient (Wildman–Crippen LogP) is 4.82. The molecule has 0 radical (unpaired) electrons. The first-order chi connectivity index (χ1) is 7.34. The van der Waals surface area contributed by atoms with Gasteiger partial charge in [-0.25, -0.2) is 0 Å². The summed E-state index contributed by atoms with van der Waals surface area (Å²) in [5.74, 6) is 1.26. The van der Waals surface area contributed by atoms with Gasteiger partial charge in [0.15, 0.2) is 0 Å². The number of hydrogen-bond donors (Lipinski definition) is 0. The van der Waals surface area contributed by atoms with Crippen LogP contribution in [0.4, 0.5) is 0 Å². The minimum Gasteiger partial charge on any atom is -0.501 e. The Kier molecular flexibility index (Phi) is 6.54. The Labute approximate surface area is 94.9 Å². The summed E-state index contributed by atoms with van der Waals surface area (Å²) in [4.78, 5) is 0. The summed E-state index contributed by atoms with van der Waals surface area (Å²) in [6.45, 7) is 2.24. The summed E-state index contributed by atoms with van der Waals surface area (Å²) in [5.41, 5.74) is 1.48. The number of rotatable bonds is 1. The Morgan fingerprint density at radius 2 is 1.20 bits per heavy atom. The van der Waals surface area contributed by atoms with E-state index in [1.54, 1.807) is 0 Å².